The third-order valence-electron chi connectivity index (χ3n) is 6.46. The van der Waals surface area contributed by atoms with E-state index in [9.17, 15) is 14.0 Å². The Morgan fingerprint density at radius 3 is 2.66 bits per heavy atom. The van der Waals surface area contributed by atoms with Crippen LogP contribution in [0.1, 0.15) is 24.8 Å². The predicted molar refractivity (Wildman–Crippen MR) is 119 cm³/mol. The zero-order valence-corrected chi connectivity index (χ0v) is 17.8. The second-order valence-corrected chi connectivity index (χ2v) is 8.68. The summed E-state index contributed by atoms with van der Waals surface area (Å²) in [5.74, 6) is -0.126. The van der Waals surface area contributed by atoms with Crippen LogP contribution in [0.15, 0.2) is 48.5 Å². The highest BCUT2D eigenvalue weighted by molar-refractivity contribution is 6.05. The molecule has 2 saturated heterocycles. The summed E-state index contributed by atoms with van der Waals surface area (Å²) in [7, 11) is 0. The Balaban J connectivity index is 1.14. The number of carbonyl (C=O) groups excluding carboxylic acids is 2. The van der Waals surface area contributed by atoms with E-state index >= 15 is 0 Å². The third kappa shape index (κ3) is 4.23. The minimum Gasteiger partial charge on any atom is -0.353 e. The molecule has 0 unspecified atom stereocenters. The van der Waals surface area contributed by atoms with Crippen molar-refractivity contribution in [3.05, 3.63) is 59.9 Å². The number of halogens is 1. The number of nitrogens with one attached hydrogen (secondary N) is 2. The third-order valence-corrected chi connectivity index (χ3v) is 6.46. The van der Waals surface area contributed by atoms with Crippen molar-refractivity contribution in [3.8, 4) is 0 Å². The summed E-state index contributed by atoms with van der Waals surface area (Å²) in [6, 6.07) is 14.4. The van der Waals surface area contributed by atoms with Crippen molar-refractivity contribution in [1.29, 1.82) is 0 Å². The van der Waals surface area contributed by atoms with Gasteiger partial charge in [0, 0.05) is 44.0 Å². The van der Waals surface area contributed by atoms with Gasteiger partial charge in [0.25, 0.3) is 0 Å². The minimum atomic E-state index is -0.366. The van der Waals surface area contributed by atoms with Gasteiger partial charge in [-0.3, -0.25) is 24.5 Å². The van der Waals surface area contributed by atoms with Crippen molar-refractivity contribution in [2.75, 3.05) is 24.5 Å². The molecular formula is C24H26FN5O2. The van der Waals surface area contributed by atoms with E-state index in [1.807, 2.05) is 36.4 Å². The zero-order valence-electron chi connectivity index (χ0n) is 17.8. The van der Waals surface area contributed by atoms with Crippen molar-refractivity contribution in [2.24, 2.45) is 5.92 Å². The molecule has 2 aliphatic rings. The summed E-state index contributed by atoms with van der Waals surface area (Å²) in [5.41, 5.74) is 1.96. The van der Waals surface area contributed by atoms with Crippen molar-refractivity contribution in [1.82, 2.24) is 20.4 Å². The number of aromatic amines is 1. The number of H-pyrrole nitrogens is 1. The second-order valence-electron chi connectivity index (χ2n) is 8.68. The number of likely N-dealkylation sites (tertiary alicyclic amines) is 1. The van der Waals surface area contributed by atoms with Crippen LogP contribution in [-0.4, -0.2) is 52.6 Å². The second kappa shape index (κ2) is 8.70. The minimum absolute atomic E-state index is 0.0577. The quantitative estimate of drug-likeness (QED) is 0.646. The molecule has 5 rings (SSSR count). The van der Waals surface area contributed by atoms with Crippen LogP contribution in [0, 0.1) is 11.7 Å². The highest BCUT2D eigenvalue weighted by Gasteiger charge is 2.37. The summed E-state index contributed by atoms with van der Waals surface area (Å²) in [5, 5.41) is 11.3. The summed E-state index contributed by atoms with van der Waals surface area (Å²) < 4.78 is 13.1. The van der Waals surface area contributed by atoms with Gasteiger partial charge in [-0.15, -0.1) is 0 Å². The maximum Gasteiger partial charge on any atom is 0.229 e. The first kappa shape index (κ1) is 20.6. The number of nitrogens with zero attached hydrogens (tertiary/aromatic N) is 3. The SMILES string of the molecule is O=C(NC1CCN(Cc2ccc(F)cc2)CC1)[C@H]1CC(=O)N(c2n[nH]c3ccccc23)C1. The fourth-order valence-electron chi connectivity index (χ4n) is 4.65. The van der Waals surface area contributed by atoms with E-state index < -0.39 is 0 Å². The Morgan fingerprint density at radius 2 is 1.88 bits per heavy atom. The standard InChI is InChI=1S/C24H26FN5O2/c25-18-7-5-16(6-8-18)14-29-11-9-19(10-12-29)26-24(32)17-13-22(31)30(15-17)23-20-3-1-2-4-21(20)27-28-23/h1-8,17,19H,9-15H2,(H,26,32)(H,27,28)/t17-/m0/s1. The normalized spacial score (nSPS) is 20.2. The zero-order chi connectivity index (χ0) is 22.1. The van der Waals surface area contributed by atoms with Crippen LogP contribution in [0.2, 0.25) is 0 Å². The molecule has 1 aromatic heterocycles. The van der Waals surface area contributed by atoms with Gasteiger partial charge in [-0.05, 0) is 42.7 Å². The number of anilines is 1. The van der Waals surface area contributed by atoms with Crippen LogP contribution in [0.5, 0.6) is 0 Å². The van der Waals surface area contributed by atoms with Crippen LogP contribution in [0.4, 0.5) is 10.2 Å². The molecule has 2 aromatic carbocycles. The first-order valence-electron chi connectivity index (χ1n) is 11.1. The molecule has 166 valence electrons. The van der Waals surface area contributed by atoms with E-state index in [0.717, 1.165) is 48.9 Å². The van der Waals surface area contributed by atoms with Gasteiger partial charge >= 0.3 is 0 Å². The molecule has 2 fully saturated rings. The van der Waals surface area contributed by atoms with Gasteiger partial charge in [-0.25, -0.2) is 4.39 Å². The van der Waals surface area contributed by atoms with Crippen LogP contribution in [0.25, 0.3) is 10.9 Å². The molecule has 2 N–H and O–H groups in total. The highest BCUT2D eigenvalue weighted by Crippen LogP contribution is 2.30. The maximum absolute atomic E-state index is 13.1. The maximum atomic E-state index is 13.1. The number of fused-ring (bicyclic) bond motifs is 1. The molecule has 0 bridgehead atoms. The van der Waals surface area contributed by atoms with Gasteiger partial charge in [-0.1, -0.05) is 24.3 Å². The molecule has 8 heteroatoms. The Bertz CT molecular complexity index is 1120. The lowest BCUT2D eigenvalue weighted by atomic mass is 10.0. The lowest BCUT2D eigenvalue weighted by Gasteiger charge is -2.32. The van der Waals surface area contributed by atoms with Crippen LogP contribution < -0.4 is 10.2 Å². The fraction of sp³-hybridized carbons (Fsp3) is 0.375. The Hall–Kier alpha value is -3.26. The number of hydrogen-bond acceptors (Lipinski definition) is 4. The Labute approximate surface area is 185 Å². The summed E-state index contributed by atoms with van der Waals surface area (Å²) in [6.07, 6.45) is 1.93. The molecule has 0 radical (unpaired) electrons. The number of aromatic nitrogens is 2. The lowest BCUT2D eigenvalue weighted by molar-refractivity contribution is -0.127. The molecule has 32 heavy (non-hydrogen) atoms. The Kier molecular flexibility index (Phi) is 5.61. The largest absolute Gasteiger partial charge is 0.353 e. The van der Waals surface area contributed by atoms with Gasteiger partial charge in [0.2, 0.25) is 11.8 Å². The molecule has 0 saturated carbocycles. The van der Waals surface area contributed by atoms with Crippen molar-refractivity contribution in [3.63, 3.8) is 0 Å². The molecule has 0 aliphatic carbocycles. The predicted octanol–water partition coefficient (Wildman–Crippen LogP) is 2.84. The van der Waals surface area contributed by atoms with Gasteiger partial charge in [0.05, 0.1) is 11.4 Å². The Morgan fingerprint density at radius 1 is 1.12 bits per heavy atom. The molecule has 3 heterocycles. The molecule has 0 spiro atoms. The van der Waals surface area contributed by atoms with E-state index in [0.29, 0.717) is 12.4 Å². The molecule has 2 aliphatic heterocycles. The lowest BCUT2D eigenvalue weighted by Crippen LogP contribution is -2.46. The monoisotopic (exact) mass is 435 g/mol. The average molecular weight is 436 g/mol. The van der Waals surface area contributed by atoms with Gasteiger partial charge < -0.3 is 5.32 Å². The van der Waals surface area contributed by atoms with E-state index in [1.54, 1.807) is 4.90 Å². The van der Waals surface area contributed by atoms with Crippen LogP contribution >= 0.6 is 0 Å². The molecule has 1 atom stereocenters. The number of piperidine rings is 1. The fourth-order valence-corrected chi connectivity index (χ4v) is 4.65. The van der Waals surface area contributed by atoms with Crippen molar-refractivity contribution in [2.45, 2.75) is 31.8 Å². The van der Waals surface area contributed by atoms with Crippen LogP contribution in [0.3, 0.4) is 0 Å². The number of amides is 2. The van der Waals surface area contributed by atoms with Gasteiger partial charge in [-0.2, -0.15) is 5.10 Å². The first-order valence-corrected chi connectivity index (χ1v) is 11.1. The number of benzene rings is 2. The van der Waals surface area contributed by atoms with Crippen molar-refractivity contribution < 1.29 is 14.0 Å². The number of hydrogen-bond donors (Lipinski definition) is 2. The molecule has 3 aromatic rings. The highest BCUT2D eigenvalue weighted by atomic mass is 19.1. The molecular weight excluding hydrogens is 409 g/mol. The van der Waals surface area contributed by atoms with E-state index in [4.69, 9.17) is 0 Å². The van der Waals surface area contributed by atoms with E-state index in [1.165, 1.54) is 12.1 Å². The van der Waals surface area contributed by atoms with Gasteiger partial charge in [0.1, 0.15) is 5.82 Å². The number of rotatable bonds is 5. The smallest absolute Gasteiger partial charge is 0.229 e. The summed E-state index contributed by atoms with van der Waals surface area (Å²) in [6.45, 7) is 2.88. The van der Waals surface area contributed by atoms with Gasteiger partial charge in [0.15, 0.2) is 5.82 Å². The topological polar surface area (TPSA) is 81.3 Å². The van der Waals surface area contributed by atoms with E-state index in [2.05, 4.69) is 20.4 Å². The molecule has 7 nitrogen and oxygen atoms in total. The average Bonchev–Trinajstić information content (AvgIpc) is 3.40. The number of carbonyl (C=O) groups is 2. The first-order chi connectivity index (χ1) is 15.6. The molecule has 2 amide bonds. The summed E-state index contributed by atoms with van der Waals surface area (Å²) >= 11 is 0. The van der Waals surface area contributed by atoms with Crippen LogP contribution in [-0.2, 0) is 16.1 Å². The number of para-hydroxylation sites is 1. The van der Waals surface area contributed by atoms with Crippen molar-refractivity contribution >= 4 is 28.5 Å². The summed E-state index contributed by atoms with van der Waals surface area (Å²) in [4.78, 5) is 29.4. The van der Waals surface area contributed by atoms with E-state index in [-0.39, 0.29) is 36.0 Å².